The van der Waals surface area contributed by atoms with Gasteiger partial charge in [0.1, 0.15) is 11.5 Å². The van der Waals surface area contributed by atoms with Gasteiger partial charge in [-0.25, -0.2) is 15.0 Å². The van der Waals surface area contributed by atoms with Crippen LogP contribution in [0.1, 0.15) is 41.6 Å². The first-order valence-electron chi connectivity index (χ1n) is 9.81. The van der Waals surface area contributed by atoms with Gasteiger partial charge in [-0.15, -0.1) is 4.80 Å². The molecule has 0 spiro atoms. The van der Waals surface area contributed by atoms with Gasteiger partial charge in [0.2, 0.25) is 5.88 Å². The van der Waals surface area contributed by atoms with E-state index in [2.05, 4.69) is 25.1 Å². The van der Waals surface area contributed by atoms with Crippen LogP contribution < -0.4 is 4.74 Å². The number of ether oxygens (including phenoxy) is 1. The number of rotatable bonds is 8. The van der Waals surface area contributed by atoms with E-state index >= 15 is 0 Å². The molecular formula is C20H22F3N7O2. The number of alkyl halides is 3. The summed E-state index contributed by atoms with van der Waals surface area (Å²) in [6.45, 7) is 1.91. The van der Waals surface area contributed by atoms with Crippen molar-refractivity contribution in [3.63, 3.8) is 0 Å². The van der Waals surface area contributed by atoms with Crippen molar-refractivity contribution in [2.24, 2.45) is 0 Å². The number of amides is 1. The molecule has 3 heterocycles. The standard InChI is InChI=1S/C20H22F3N7O2/c1-4-14(5-7-16-24-11-13(12-25-16)20(21,22)23)29(2)19(31)18-15(30-26-9-10-27-30)6-8-17(28-18)32-3/h6,8-12,14H,4-5,7H2,1-3H3/t14-/m0/s1. The maximum Gasteiger partial charge on any atom is 0.419 e. The molecule has 0 unspecified atom stereocenters. The van der Waals surface area contributed by atoms with Crippen molar-refractivity contribution >= 4 is 5.91 Å². The first-order valence-corrected chi connectivity index (χ1v) is 9.81. The van der Waals surface area contributed by atoms with Crippen LogP contribution in [0, 0.1) is 0 Å². The lowest BCUT2D eigenvalue weighted by molar-refractivity contribution is -0.138. The Morgan fingerprint density at radius 1 is 1.19 bits per heavy atom. The van der Waals surface area contributed by atoms with E-state index < -0.39 is 11.7 Å². The minimum atomic E-state index is -4.48. The second-order valence-electron chi connectivity index (χ2n) is 6.94. The van der Waals surface area contributed by atoms with E-state index in [0.717, 1.165) is 12.4 Å². The zero-order valence-corrected chi connectivity index (χ0v) is 17.7. The molecule has 3 rings (SSSR count). The quantitative estimate of drug-likeness (QED) is 0.521. The third-order valence-electron chi connectivity index (χ3n) is 4.97. The van der Waals surface area contributed by atoms with Crippen molar-refractivity contribution in [2.75, 3.05) is 14.2 Å². The first kappa shape index (κ1) is 23.1. The zero-order valence-electron chi connectivity index (χ0n) is 17.7. The molecule has 0 aliphatic carbocycles. The number of hydrogen-bond acceptors (Lipinski definition) is 7. The molecule has 0 N–H and O–H groups in total. The van der Waals surface area contributed by atoms with Crippen molar-refractivity contribution < 1.29 is 22.7 Å². The summed E-state index contributed by atoms with van der Waals surface area (Å²) in [7, 11) is 3.09. The average Bonchev–Trinajstić information content (AvgIpc) is 3.33. The van der Waals surface area contributed by atoms with E-state index in [1.54, 1.807) is 24.1 Å². The molecule has 0 saturated heterocycles. The SMILES string of the molecule is CC[C@@H](CCc1ncc(C(F)(F)F)cn1)N(C)C(=O)c1nc(OC)ccc1-n1nccn1. The third kappa shape index (κ3) is 5.18. The predicted octanol–water partition coefficient (Wildman–Crippen LogP) is 2.96. The van der Waals surface area contributed by atoms with Gasteiger partial charge in [0, 0.05) is 38.0 Å². The van der Waals surface area contributed by atoms with Gasteiger partial charge in [-0.1, -0.05) is 6.92 Å². The molecule has 12 heteroatoms. The topological polar surface area (TPSA) is 98.9 Å². The number of carbonyl (C=O) groups excluding carboxylic acids is 1. The van der Waals surface area contributed by atoms with Crippen LogP contribution in [0.15, 0.2) is 36.9 Å². The molecule has 3 aromatic heterocycles. The van der Waals surface area contributed by atoms with Gasteiger partial charge >= 0.3 is 6.18 Å². The highest BCUT2D eigenvalue weighted by atomic mass is 19.4. The Bertz CT molecular complexity index is 1040. The van der Waals surface area contributed by atoms with E-state index in [9.17, 15) is 18.0 Å². The fourth-order valence-electron chi connectivity index (χ4n) is 3.14. The molecule has 1 amide bonds. The molecular weight excluding hydrogens is 427 g/mol. The fraction of sp³-hybridized carbons (Fsp3) is 0.400. The summed E-state index contributed by atoms with van der Waals surface area (Å²) in [6.07, 6.45) is 1.41. The second-order valence-corrected chi connectivity index (χ2v) is 6.94. The highest BCUT2D eigenvalue weighted by Gasteiger charge is 2.31. The molecule has 0 aliphatic heterocycles. The Morgan fingerprint density at radius 2 is 1.84 bits per heavy atom. The third-order valence-corrected chi connectivity index (χ3v) is 4.97. The number of aromatic nitrogens is 6. The van der Waals surface area contributed by atoms with Crippen molar-refractivity contribution in [1.29, 1.82) is 0 Å². The molecule has 1 atom stereocenters. The highest BCUT2D eigenvalue weighted by molar-refractivity contribution is 5.96. The van der Waals surface area contributed by atoms with Crippen molar-refractivity contribution in [2.45, 2.75) is 38.4 Å². The summed E-state index contributed by atoms with van der Waals surface area (Å²) >= 11 is 0. The van der Waals surface area contributed by atoms with Crippen LogP contribution in [0.5, 0.6) is 5.88 Å². The van der Waals surface area contributed by atoms with E-state index in [4.69, 9.17) is 4.74 Å². The van der Waals surface area contributed by atoms with Crippen LogP contribution in [0.3, 0.4) is 0 Å². The highest BCUT2D eigenvalue weighted by Crippen LogP contribution is 2.28. The maximum atomic E-state index is 13.3. The Kier molecular flexibility index (Phi) is 7.01. The molecule has 0 saturated carbocycles. The largest absolute Gasteiger partial charge is 0.481 e. The minimum absolute atomic E-state index is 0.118. The molecule has 0 aliphatic rings. The average molecular weight is 449 g/mol. The van der Waals surface area contributed by atoms with E-state index in [1.165, 1.54) is 24.3 Å². The Morgan fingerprint density at radius 3 is 2.41 bits per heavy atom. The Labute approximate surface area is 182 Å². The van der Waals surface area contributed by atoms with Crippen molar-refractivity contribution in [1.82, 2.24) is 34.8 Å². The van der Waals surface area contributed by atoms with Gasteiger partial charge in [0.25, 0.3) is 5.91 Å². The van der Waals surface area contributed by atoms with Crippen LogP contribution in [0.4, 0.5) is 13.2 Å². The number of aryl methyl sites for hydroxylation is 1. The summed E-state index contributed by atoms with van der Waals surface area (Å²) in [5.41, 5.74) is -0.384. The number of pyridine rings is 1. The molecule has 0 bridgehead atoms. The van der Waals surface area contributed by atoms with Gasteiger partial charge in [-0.3, -0.25) is 4.79 Å². The van der Waals surface area contributed by atoms with Gasteiger partial charge < -0.3 is 9.64 Å². The fourth-order valence-corrected chi connectivity index (χ4v) is 3.14. The van der Waals surface area contributed by atoms with E-state index in [1.807, 2.05) is 6.92 Å². The molecule has 0 radical (unpaired) electrons. The van der Waals surface area contributed by atoms with Crippen LogP contribution in [-0.2, 0) is 12.6 Å². The lowest BCUT2D eigenvalue weighted by Gasteiger charge is -2.27. The molecule has 0 aromatic carbocycles. The Hall–Kier alpha value is -3.57. The summed E-state index contributed by atoms with van der Waals surface area (Å²) < 4.78 is 43.2. The lowest BCUT2D eigenvalue weighted by Crippen LogP contribution is -2.38. The van der Waals surface area contributed by atoms with Gasteiger partial charge in [-0.2, -0.15) is 23.4 Å². The second kappa shape index (κ2) is 9.71. The normalized spacial score (nSPS) is 12.4. The van der Waals surface area contributed by atoms with Crippen molar-refractivity contribution in [3.8, 4) is 11.6 Å². The van der Waals surface area contributed by atoms with Gasteiger partial charge in [-0.05, 0) is 18.9 Å². The van der Waals surface area contributed by atoms with Gasteiger partial charge in [0.15, 0.2) is 5.69 Å². The number of methoxy groups -OCH3 is 1. The van der Waals surface area contributed by atoms with Crippen LogP contribution in [-0.4, -0.2) is 61.0 Å². The first-order chi connectivity index (χ1) is 15.2. The molecule has 32 heavy (non-hydrogen) atoms. The number of hydrogen-bond donors (Lipinski definition) is 0. The van der Waals surface area contributed by atoms with Crippen LogP contribution in [0.2, 0.25) is 0 Å². The monoisotopic (exact) mass is 449 g/mol. The summed E-state index contributed by atoms with van der Waals surface area (Å²) in [5, 5.41) is 8.13. The molecule has 3 aromatic rings. The molecule has 9 nitrogen and oxygen atoms in total. The van der Waals surface area contributed by atoms with Crippen molar-refractivity contribution in [3.05, 3.63) is 54.0 Å². The zero-order chi connectivity index (χ0) is 23.3. The predicted molar refractivity (Wildman–Crippen MR) is 107 cm³/mol. The van der Waals surface area contributed by atoms with Crippen LogP contribution in [0.25, 0.3) is 5.69 Å². The molecule has 0 fully saturated rings. The molecule has 170 valence electrons. The summed E-state index contributed by atoms with van der Waals surface area (Å²) in [6, 6.07) is 3.03. The van der Waals surface area contributed by atoms with Crippen LogP contribution >= 0.6 is 0 Å². The smallest absolute Gasteiger partial charge is 0.419 e. The Balaban J connectivity index is 1.76. The minimum Gasteiger partial charge on any atom is -0.481 e. The van der Waals surface area contributed by atoms with Gasteiger partial charge in [0.05, 0.1) is 25.1 Å². The van der Waals surface area contributed by atoms with E-state index in [-0.39, 0.29) is 29.3 Å². The lowest BCUT2D eigenvalue weighted by atomic mass is 10.1. The van der Waals surface area contributed by atoms with E-state index in [0.29, 0.717) is 24.9 Å². The summed E-state index contributed by atoms with van der Waals surface area (Å²) in [4.78, 5) is 28.0. The number of halogens is 3. The number of nitrogens with zero attached hydrogens (tertiary/aromatic N) is 7. The maximum absolute atomic E-state index is 13.3. The summed E-state index contributed by atoms with van der Waals surface area (Å²) in [5.74, 6) is 0.179. The number of carbonyl (C=O) groups is 1.